The van der Waals surface area contributed by atoms with Gasteiger partial charge in [-0.2, -0.15) is 16.0 Å². The number of nitrogens with zero attached hydrogens (tertiary/aromatic N) is 9. The number of hydrogen-bond donors (Lipinski definition) is 6. The van der Waals surface area contributed by atoms with Crippen LogP contribution in [0, 0.1) is 30.2 Å². The van der Waals surface area contributed by atoms with Crippen LogP contribution in [0.15, 0.2) is 206 Å². The minimum atomic E-state index is -3.76. The van der Waals surface area contributed by atoms with Crippen LogP contribution in [0.4, 0.5) is 57.8 Å². The number of aromatic amines is 1. The van der Waals surface area contributed by atoms with E-state index in [4.69, 9.17) is 89.5 Å². The first kappa shape index (κ1) is 102. The van der Waals surface area contributed by atoms with Crippen molar-refractivity contribution in [2.24, 2.45) is 0 Å². The quantitative estimate of drug-likeness (QED) is 0.00640. The summed E-state index contributed by atoms with van der Waals surface area (Å²) in [6, 6.07) is 38.2. The van der Waals surface area contributed by atoms with Crippen LogP contribution >= 0.6 is 65.4 Å². The largest absolute Gasteiger partial charge is 1.51 e. The van der Waals surface area contributed by atoms with Crippen LogP contribution in [0.25, 0.3) is 43.6 Å². The number of carbonyl (C=O) groups is 4. The number of nitrogen functional groups attached to an aromatic ring is 1. The second-order valence-corrected chi connectivity index (χ2v) is 32.5. The maximum absolute atomic E-state index is 14.5. The Labute approximate surface area is 788 Å². The molecule has 4 aromatic heterocycles. The minimum Gasteiger partial charge on any atom is -1.51 e. The second kappa shape index (κ2) is 47.0. The number of nitrogens with two attached hydrogens (primary N) is 1. The SMILES string of the molecule is C=CC(=O)N1[C@@H]2CC[C@H]1CC(OS(=O)(=O)c1ccc(C)cc1)C2.C=CC(=O)N1[C@@H]2CC[C@H]1CC(Oc1cc3c(Nc4cccc(Cl)c4F)ncnc3cc1OC)C2.COc1cc2nc[nH]c(=O)c2cc1OC(C)=O.COc1cc2ncnc(Nc3cccc(Cl)c3F)c2cc1O.COc1cc2ncnc(Nc3cccc(Cl)c3F)c2cc1OC(C)=O.Nc1cccc(Cl)c1F.[B][PH-].[PH-2]. The molecule has 13 aromatic rings. The summed E-state index contributed by atoms with van der Waals surface area (Å²) in [5, 5.41) is 20.8. The molecule has 17 rings (SSSR count). The number of fused-ring (bicyclic) bond motifs is 8. The molecule has 4 aliphatic rings. The Morgan fingerprint density at radius 3 is 1.24 bits per heavy atom. The zero-order valence-corrected chi connectivity index (χ0v) is 77.9. The van der Waals surface area contributed by atoms with E-state index in [0.717, 1.165) is 44.1 Å². The van der Waals surface area contributed by atoms with E-state index in [0.29, 0.717) is 103 Å². The molecule has 9 aromatic carbocycles. The molecule has 7 N–H and O–H groups in total. The van der Waals surface area contributed by atoms with Crippen LogP contribution in [-0.2, 0) is 33.5 Å². The van der Waals surface area contributed by atoms with Gasteiger partial charge in [-0.15, -0.1) is 0 Å². The highest BCUT2D eigenvalue weighted by Gasteiger charge is 2.45. The predicted octanol–water partition coefficient (Wildman–Crippen LogP) is 19.4. The number of methoxy groups -OCH3 is 4. The summed E-state index contributed by atoms with van der Waals surface area (Å²) in [7, 11) is 8.94. The van der Waals surface area contributed by atoms with Crippen molar-refractivity contribution in [1.82, 2.24) is 49.7 Å². The van der Waals surface area contributed by atoms with Gasteiger partial charge in [0.15, 0.2) is 69.3 Å². The maximum Gasteiger partial charge on any atom is 0.308 e. The highest BCUT2D eigenvalue weighted by atomic mass is 35.5. The normalized spacial score (nSPS) is 15.9. The van der Waals surface area contributed by atoms with Gasteiger partial charge in [-0.25, -0.2) is 52.4 Å². The highest BCUT2D eigenvalue weighted by molar-refractivity contribution is 7.86. The molecular weight excluding hydrogens is 1870 g/mol. The lowest BCUT2D eigenvalue weighted by Crippen LogP contribution is -2.48. The van der Waals surface area contributed by atoms with Crippen LogP contribution in [0.2, 0.25) is 20.1 Å². The average Bonchev–Trinajstić information content (AvgIpc) is 1.74. The zero-order valence-electron chi connectivity index (χ0n) is 72.0. The molecular formula is C91H86BCl4F4N14O16P2S-3. The monoisotopic (exact) mass is 1950 g/mol. The summed E-state index contributed by atoms with van der Waals surface area (Å²) in [5.74, 6) is 0.220. The number of aryl methyl sites for hydroxylation is 1. The number of benzene rings is 9. The summed E-state index contributed by atoms with van der Waals surface area (Å²) in [5.41, 5.74) is 8.68. The number of H-pyrrole nitrogens is 1. The molecule has 4 bridgehead atoms. The molecule has 6 atom stereocenters. The Balaban J connectivity index is 0.000000169. The van der Waals surface area contributed by atoms with Crippen molar-refractivity contribution in [2.75, 3.05) is 50.1 Å². The molecule has 0 saturated carbocycles. The van der Waals surface area contributed by atoms with Gasteiger partial charge in [0.05, 0.1) is 116 Å². The molecule has 4 saturated heterocycles. The van der Waals surface area contributed by atoms with Gasteiger partial charge in [0.1, 0.15) is 42.5 Å². The molecule has 2 radical (unpaired) electrons. The van der Waals surface area contributed by atoms with Crippen molar-refractivity contribution in [3.05, 3.63) is 255 Å². The Kier molecular flexibility index (Phi) is 36.2. The first-order chi connectivity index (χ1) is 63.3. The van der Waals surface area contributed by atoms with Gasteiger partial charge in [0.25, 0.3) is 15.7 Å². The van der Waals surface area contributed by atoms with E-state index in [1.165, 1.54) is 121 Å². The van der Waals surface area contributed by atoms with Crippen molar-refractivity contribution in [3.63, 3.8) is 0 Å². The van der Waals surface area contributed by atoms with Crippen LogP contribution in [0.5, 0.6) is 46.0 Å². The number of phenols is 1. The number of amides is 2. The third-order valence-electron chi connectivity index (χ3n) is 20.9. The summed E-state index contributed by atoms with van der Waals surface area (Å²) in [4.78, 5) is 93.5. The minimum absolute atomic E-state index is 0. The number of rotatable bonds is 19. The van der Waals surface area contributed by atoms with E-state index < -0.39 is 45.3 Å². The lowest BCUT2D eigenvalue weighted by atomic mass is 9.99. The van der Waals surface area contributed by atoms with Crippen LogP contribution < -0.4 is 60.4 Å². The zero-order chi connectivity index (χ0) is 95.4. The van der Waals surface area contributed by atoms with E-state index in [1.807, 2.05) is 22.8 Å². The first-order valence-corrected chi connectivity index (χ1v) is 43.6. The molecule has 42 heteroatoms. The molecule has 4 aliphatic heterocycles. The van der Waals surface area contributed by atoms with Gasteiger partial charge in [-0.3, -0.25) is 28.2 Å². The second-order valence-electron chi connectivity index (χ2n) is 29.3. The number of piperidine rings is 2. The lowest BCUT2D eigenvalue weighted by Gasteiger charge is -2.38. The van der Waals surface area contributed by atoms with Gasteiger partial charge in [0.2, 0.25) is 11.8 Å². The van der Waals surface area contributed by atoms with E-state index in [2.05, 4.69) is 85.7 Å². The fourth-order valence-electron chi connectivity index (χ4n) is 15.0. The number of anilines is 7. The molecule has 0 aliphatic carbocycles. The molecule has 8 heterocycles. The van der Waals surface area contributed by atoms with Gasteiger partial charge in [-0.1, -0.05) is 102 Å². The topological polar surface area (TPSA) is 388 Å². The molecule has 694 valence electrons. The number of phenolic OH excluding ortho intramolecular Hbond substituents is 1. The van der Waals surface area contributed by atoms with E-state index in [9.17, 15) is 55.1 Å². The van der Waals surface area contributed by atoms with Gasteiger partial charge in [-0.05, 0) is 143 Å². The van der Waals surface area contributed by atoms with Crippen molar-refractivity contribution < 1.29 is 87.6 Å². The third-order valence-corrected chi connectivity index (χ3v) is 23.5. The van der Waals surface area contributed by atoms with Gasteiger partial charge >= 0.3 is 11.9 Å². The summed E-state index contributed by atoms with van der Waals surface area (Å²) in [6.07, 6.45) is 14.0. The van der Waals surface area contributed by atoms with Gasteiger partial charge in [0, 0.05) is 91.3 Å². The number of nitrogens with one attached hydrogen (secondary N) is 4. The third kappa shape index (κ3) is 25.3. The fourth-order valence-corrected chi connectivity index (χ4v) is 16.8. The number of carbonyl (C=O) groups excluding carboxylic acids is 4. The maximum atomic E-state index is 14.5. The number of halogens is 8. The number of aromatic hydroxyl groups is 1. The molecule has 0 spiro atoms. The smallest absolute Gasteiger partial charge is 0.308 e. The first-order valence-electron chi connectivity index (χ1n) is 40.1. The summed E-state index contributed by atoms with van der Waals surface area (Å²) < 4.78 is 123. The van der Waals surface area contributed by atoms with Crippen molar-refractivity contribution in [2.45, 2.75) is 113 Å². The van der Waals surface area contributed by atoms with E-state index in [1.54, 1.807) is 98.1 Å². The molecule has 2 unspecified atom stereocenters. The van der Waals surface area contributed by atoms with Crippen molar-refractivity contribution in [3.8, 4) is 46.0 Å². The number of hydrogen-bond acceptors (Lipinski definition) is 27. The standard InChI is InChI=1S/C25H24ClFN4O3.C17H13ClFN3O3.C17H21NO4S.C15H11ClFN3O2.C11H10N2O4.C6H5ClFN.BHP.HP/c1-3-23(32)31-14-7-8-15(31)10-16(9-14)34-22-11-17-20(12-21(22)33-2)28-13-29-25(17)30-19-6-4-5-18(26)24(19)27;1-9(23)25-15-6-10-13(7-14(15)24-2)20-8-21-17(10)22-12-5-3-4-11(18)16(12)19;1-3-17(19)18-13-6-7-14(18)11-15(10-13)22-23(20,21)16-8-4-12(2)5-9-16;1-22-13-6-11-8(5-12(13)21)15(19-7-18-11)20-10-4-2-3-9(16)14(10)17;1-6(14)17-10-3-7-8(4-9(10)16-2)12-5-13-11(7)15;7-4-2-1-3-5(9)6(4)8;1-2;/h3-6,11-16H,1,7-10H2,2H3,(H,28,29,30);3-8H,1-2H3,(H,20,21,22);3-5,8-9,13-15H,1,6-7,10-11H2,2H3;2-7,21H,1H3,(H,18,19,20);3-5H,1-2H3,(H,12,13,15);1-3H,9H2;2H;1H/q;;;;;;-1;-2/t14-,15+,16?;;13-,14+,15?;;;;;. The summed E-state index contributed by atoms with van der Waals surface area (Å²) in [6.45, 7) is 11.6. The molecule has 2 amide bonds. The van der Waals surface area contributed by atoms with E-state index >= 15 is 0 Å². The molecule has 133 heavy (non-hydrogen) atoms. The fraction of sp³-hybridized carbons (Fsp3) is 0.231. The number of ether oxygens (including phenoxy) is 7. The predicted molar refractivity (Wildman–Crippen MR) is 508 cm³/mol. The van der Waals surface area contributed by atoms with Crippen LogP contribution in [0.1, 0.15) is 70.8 Å². The van der Waals surface area contributed by atoms with E-state index in [-0.39, 0.29) is 129 Å². The van der Waals surface area contributed by atoms with Gasteiger partial charge < -0.3 is 93.7 Å². The van der Waals surface area contributed by atoms with Crippen LogP contribution in [-0.4, -0.2) is 159 Å². The summed E-state index contributed by atoms with van der Waals surface area (Å²) >= 11 is 22.8. The molecule has 30 nitrogen and oxygen atoms in total. The number of esters is 2. The van der Waals surface area contributed by atoms with Crippen molar-refractivity contribution >= 4 is 191 Å². The molecule has 4 fully saturated rings. The Morgan fingerprint density at radius 2 is 0.857 bits per heavy atom. The van der Waals surface area contributed by atoms with Crippen molar-refractivity contribution in [1.29, 1.82) is 0 Å². The lowest BCUT2D eigenvalue weighted by molar-refractivity contribution is -0.132. The Morgan fingerprint density at radius 1 is 0.504 bits per heavy atom. The average molecular weight is 1950 g/mol. The Bertz CT molecular complexity index is 6600. The van der Waals surface area contributed by atoms with Crippen LogP contribution in [0.3, 0.4) is 0 Å². The Hall–Kier alpha value is -12.8. The highest BCUT2D eigenvalue weighted by Crippen LogP contribution is 2.44. The number of aromatic nitrogens is 8.